The standard InChI is InChI=1S/C34H40N4O2/c1-4-22-38(6-3)33(39)13-10-20-35-21-23-40-30-17-14-27(15-18-30)34(31(5-2)26-11-8-7-9-12-26)28-16-19-32-29(24-28)25-36-37-32/h7-19,24-25,35H,4-6,20-23H2,1-3H3,(H,36,37)/b13-10+,34-31+. The second-order valence-corrected chi connectivity index (χ2v) is 9.64. The van der Waals surface area contributed by atoms with Crippen molar-refractivity contribution in [2.45, 2.75) is 33.6 Å². The van der Waals surface area contributed by atoms with E-state index in [0.29, 0.717) is 19.7 Å². The average molecular weight is 537 g/mol. The van der Waals surface area contributed by atoms with Gasteiger partial charge in [-0.1, -0.05) is 68.5 Å². The van der Waals surface area contributed by atoms with Gasteiger partial charge < -0.3 is 15.0 Å². The number of H-pyrrole nitrogens is 1. The largest absolute Gasteiger partial charge is 0.492 e. The Bertz CT molecular complexity index is 1420. The van der Waals surface area contributed by atoms with Gasteiger partial charge in [-0.05, 0) is 71.9 Å². The maximum absolute atomic E-state index is 12.2. The smallest absolute Gasteiger partial charge is 0.246 e. The van der Waals surface area contributed by atoms with Crippen molar-refractivity contribution in [3.63, 3.8) is 0 Å². The summed E-state index contributed by atoms with van der Waals surface area (Å²) < 4.78 is 5.99. The molecule has 2 N–H and O–H groups in total. The lowest BCUT2D eigenvalue weighted by Crippen LogP contribution is -2.30. The molecule has 0 aliphatic rings. The Balaban J connectivity index is 1.42. The van der Waals surface area contributed by atoms with E-state index in [1.165, 1.54) is 16.7 Å². The number of likely N-dealkylation sites (N-methyl/N-ethyl adjacent to an activating group) is 1. The minimum absolute atomic E-state index is 0.0686. The van der Waals surface area contributed by atoms with Crippen molar-refractivity contribution in [2.75, 3.05) is 32.8 Å². The summed E-state index contributed by atoms with van der Waals surface area (Å²) in [4.78, 5) is 14.0. The number of rotatable bonds is 14. The molecule has 0 atom stereocenters. The van der Waals surface area contributed by atoms with Crippen molar-refractivity contribution in [3.8, 4) is 5.75 Å². The summed E-state index contributed by atoms with van der Waals surface area (Å²) in [5, 5.41) is 11.7. The normalized spacial score (nSPS) is 12.1. The van der Waals surface area contributed by atoms with Gasteiger partial charge in [0.1, 0.15) is 12.4 Å². The van der Waals surface area contributed by atoms with E-state index in [4.69, 9.17) is 4.74 Å². The summed E-state index contributed by atoms with van der Waals surface area (Å²) in [6.45, 7) is 9.69. The van der Waals surface area contributed by atoms with Crippen LogP contribution in [0, 0.1) is 0 Å². The van der Waals surface area contributed by atoms with Crippen molar-refractivity contribution in [2.24, 2.45) is 0 Å². The van der Waals surface area contributed by atoms with Gasteiger partial charge in [-0.15, -0.1) is 0 Å². The summed E-state index contributed by atoms with van der Waals surface area (Å²) in [7, 11) is 0. The van der Waals surface area contributed by atoms with Crippen molar-refractivity contribution < 1.29 is 9.53 Å². The van der Waals surface area contributed by atoms with Crippen LogP contribution < -0.4 is 10.1 Å². The number of aromatic amines is 1. The number of nitrogens with one attached hydrogen (secondary N) is 2. The zero-order valence-corrected chi connectivity index (χ0v) is 23.8. The van der Waals surface area contributed by atoms with Crippen LogP contribution in [0.3, 0.4) is 0 Å². The van der Waals surface area contributed by atoms with Crippen LogP contribution in [0.25, 0.3) is 22.0 Å². The fourth-order valence-corrected chi connectivity index (χ4v) is 4.88. The van der Waals surface area contributed by atoms with Gasteiger partial charge in [0.15, 0.2) is 0 Å². The Morgan fingerprint density at radius 3 is 2.48 bits per heavy atom. The Morgan fingerprint density at radius 2 is 1.75 bits per heavy atom. The Kier molecular flexibility index (Phi) is 10.7. The van der Waals surface area contributed by atoms with Gasteiger partial charge in [-0.2, -0.15) is 5.10 Å². The average Bonchev–Trinajstić information content (AvgIpc) is 3.47. The number of ether oxygens (including phenoxy) is 1. The number of fused-ring (bicyclic) bond motifs is 1. The zero-order chi connectivity index (χ0) is 28.2. The predicted octanol–water partition coefficient (Wildman–Crippen LogP) is 6.72. The van der Waals surface area contributed by atoms with Gasteiger partial charge in [-0.3, -0.25) is 9.89 Å². The number of aromatic nitrogens is 2. The van der Waals surface area contributed by atoms with Crippen molar-refractivity contribution in [1.82, 2.24) is 20.4 Å². The van der Waals surface area contributed by atoms with Crippen LogP contribution in [0.5, 0.6) is 5.75 Å². The SMILES string of the molecule is CCCN(CC)C(=O)/C=C/CNCCOc1ccc(/C(=C(/CC)c2ccccc2)c2ccc3[nH]ncc3c2)cc1. The summed E-state index contributed by atoms with van der Waals surface area (Å²) in [6.07, 6.45) is 7.27. The van der Waals surface area contributed by atoms with Gasteiger partial charge in [0, 0.05) is 37.6 Å². The Morgan fingerprint density at radius 1 is 0.975 bits per heavy atom. The first kappa shape index (κ1) is 28.8. The van der Waals surface area contributed by atoms with Gasteiger partial charge in [-0.25, -0.2) is 0 Å². The van der Waals surface area contributed by atoms with Crippen LogP contribution in [0.1, 0.15) is 50.3 Å². The second-order valence-electron chi connectivity index (χ2n) is 9.64. The minimum atomic E-state index is 0.0686. The van der Waals surface area contributed by atoms with E-state index in [-0.39, 0.29) is 5.91 Å². The predicted molar refractivity (Wildman–Crippen MR) is 165 cm³/mol. The van der Waals surface area contributed by atoms with Crippen molar-refractivity contribution >= 4 is 28.0 Å². The fourth-order valence-electron chi connectivity index (χ4n) is 4.88. The highest BCUT2D eigenvalue weighted by atomic mass is 16.5. The third-order valence-corrected chi connectivity index (χ3v) is 6.91. The maximum Gasteiger partial charge on any atom is 0.246 e. The topological polar surface area (TPSA) is 70.2 Å². The molecule has 208 valence electrons. The number of amides is 1. The van der Waals surface area contributed by atoms with Gasteiger partial charge in [0.05, 0.1) is 11.7 Å². The molecule has 0 spiro atoms. The Hall–Kier alpha value is -4.16. The molecule has 40 heavy (non-hydrogen) atoms. The fraction of sp³-hybridized carbons (Fsp3) is 0.294. The molecule has 4 rings (SSSR count). The molecule has 0 saturated heterocycles. The first-order chi connectivity index (χ1) is 19.6. The lowest BCUT2D eigenvalue weighted by Gasteiger charge is -2.17. The maximum atomic E-state index is 12.2. The summed E-state index contributed by atoms with van der Waals surface area (Å²) >= 11 is 0. The second kappa shape index (κ2) is 14.8. The van der Waals surface area contributed by atoms with Crippen molar-refractivity contribution in [3.05, 3.63) is 108 Å². The molecule has 0 aliphatic carbocycles. The first-order valence-electron chi connectivity index (χ1n) is 14.3. The van der Waals surface area contributed by atoms with E-state index in [9.17, 15) is 4.79 Å². The van der Waals surface area contributed by atoms with E-state index in [0.717, 1.165) is 53.7 Å². The number of allylic oxidation sites excluding steroid dienone is 1. The van der Waals surface area contributed by atoms with Crippen LogP contribution >= 0.6 is 0 Å². The monoisotopic (exact) mass is 536 g/mol. The number of nitrogens with zero attached hydrogens (tertiary/aromatic N) is 2. The summed E-state index contributed by atoms with van der Waals surface area (Å²) in [5.41, 5.74) is 7.07. The van der Waals surface area contributed by atoms with Gasteiger partial charge >= 0.3 is 0 Å². The molecule has 0 unspecified atom stereocenters. The molecular formula is C34H40N4O2. The molecule has 0 aliphatic heterocycles. The molecule has 1 heterocycles. The minimum Gasteiger partial charge on any atom is -0.492 e. The van der Waals surface area contributed by atoms with E-state index in [1.54, 1.807) is 6.08 Å². The number of benzene rings is 3. The molecule has 0 saturated carbocycles. The molecule has 4 aromatic rings. The van der Waals surface area contributed by atoms with Crippen LogP contribution in [0.4, 0.5) is 0 Å². The molecule has 6 heteroatoms. The third-order valence-electron chi connectivity index (χ3n) is 6.91. The van der Waals surface area contributed by atoms with E-state index in [1.807, 2.05) is 36.2 Å². The molecule has 0 radical (unpaired) electrons. The van der Waals surface area contributed by atoms with Crippen LogP contribution in [-0.4, -0.2) is 53.8 Å². The number of carbonyl (C=O) groups is 1. The number of hydrogen-bond donors (Lipinski definition) is 2. The molecule has 1 amide bonds. The quantitative estimate of drug-likeness (QED) is 0.107. The highest BCUT2D eigenvalue weighted by Gasteiger charge is 2.14. The highest BCUT2D eigenvalue weighted by Crippen LogP contribution is 2.36. The van der Waals surface area contributed by atoms with Crippen LogP contribution in [-0.2, 0) is 4.79 Å². The lowest BCUT2D eigenvalue weighted by molar-refractivity contribution is -0.125. The first-order valence-corrected chi connectivity index (χ1v) is 14.3. The number of carbonyl (C=O) groups excluding carboxylic acids is 1. The number of hydrogen-bond acceptors (Lipinski definition) is 4. The summed E-state index contributed by atoms with van der Waals surface area (Å²) in [5.74, 6) is 0.899. The van der Waals surface area contributed by atoms with Crippen molar-refractivity contribution in [1.29, 1.82) is 0 Å². The molecule has 0 fully saturated rings. The van der Waals surface area contributed by atoms with E-state index >= 15 is 0 Å². The van der Waals surface area contributed by atoms with Crippen LogP contribution in [0.15, 0.2) is 91.1 Å². The molecule has 1 aromatic heterocycles. The molecule has 3 aromatic carbocycles. The third kappa shape index (κ3) is 7.48. The Labute approximate surface area is 237 Å². The van der Waals surface area contributed by atoms with Gasteiger partial charge in [0.25, 0.3) is 0 Å². The van der Waals surface area contributed by atoms with E-state index < -0.39 is 0 Å². The molecular weight excluding hydrogens is 496 g/mol. The summed E-state index contributed by atoms with van der Waals surface area (Å²) in [6, 6.07) is 25.4. The highest BCUT2D eigenvalue weighted by molar-refractivity contribution is 6.00. The molecule has 6 nitrogen and oxygen atoms in total. The van der Waals surface area contributed by atoms with E-state index in [2.05, 4.69) is 90.0 Å². The molecule has 0 bridgehead atoms. The zero-order valence-electron chi connectivity index (χ0n) is 23.8. The van der Waals surface area contributed by atoms with Crippen LogP contribution in [0.2, 0.25) is 0 Å². The lowest BCUT2D eigenvalue weighted by atomic mass is 9.88. The van der Waals surface area contributed by atoms with Gasteiger partial charge in [0.2, 0.25) is 5.91 Å².